The van der Waals surface area contributed by atoms with Crippen LogP contribution in [0.4, 0.5) is 0 Å². The topological polar surface area (TPSA) is 77.1 Å². The van der Waals surface area contributed by atoms with Crippen LogP contribution in [0.15, 0.2) is 42.5 Å². The van der Waals surface area contributed by atoms with Gasteiger partial charge in [0.25, 0.3) is 5.91 Å². The lowest BCUT2D eigenvalue weighted by Crippen LogP contribution is -2.59. The third-order valence-corrected chi connectivity index (χ3v) is 6.52. The molecule has 1 N–H and O–H groups in total. The van der Waals surface area contributed by atoms with Crippen molar-refractivity contribution in [2.75, 3.05) is 46.1 Å². The van der Waals surface area contributed by atoms with Crippen LogP contribution in [0.2, 0.25) is 0 Å². The Bertz CT molecular complexity index is 919. The zero-order valence-electron chi connectivity index (χ0n) is 18.5. The first-order valence-corrected chi connectivity index (χ1v) is 11.5. The number of carbonyl (C=O) groups is 2. The Labute approximate surface area is 189 Å². The molecule has 4 rings (SSSR count). The van der Waals surface area contributed by atoms with Crippen molar-refractivity contribution in [2.45, 2.75) is 37.6 Å². The molecule has 2 aliphatic rings. The largest absolute Gasteiger partial charge is 0.482 e. The SMILES string of the molecule is O=C(COC(=O)COc1ccc2ccccc2c1)NCC1(N2CCOCC2)CCCCC1. The van der Waals surface area contributed by atoms with Gasteiger partial charge >= 0.3 is 5.97 Å². The van der Waals surface area contributed by atoms with Crippen LogP contribution >= 0.6 is 0 Å². The highest BCUT2D eigenvalue weighted by Gasteiger charge is 2.38. The van der Waals surface area contributed by atoms with E-state index in [0.29, 0.717) is 12.3 Å². The minimum Gasteiger partial charge on any atom is -0.482 e. The fraction of sp³-hybridized carbons (Fsp3) is 0.520. The van der Waals surface area contributed by atoms with E-state index in [4.69, 9.17) is 14.2 Å². The van der Waals surface area contributed by atoms with Gasteiger partial charge in [-0.15, -0.1) is 0 Å². The fourth-order valence-corrected chi connectivity index (χ4v) is 4.75. The highest BCUT2D eigenvalue weighted by Crippen LogP contribution is 2.33. The number of benzene rings is 2. The average molecular weight is 441 g/mol. The first-order valence-electron chi connectivity index (χ1n) is 11.5. The molecule has 1 saturated carbocycles. The van der Waals surface area contributed by atoms with Gasteiger partial charge in [-0.2, -0.15) is 0 Å². The van der Waals surface area contributed by atoms with Crippen LogP contribution in [-0.2, 0) is 19.1 Å². The van der Waals surface area contributed by atoms with Gasteiger partial charge in [-0.1, -0.05) is 49.6 Å². The van der Waals surface area contributed by atoms with Gasteiger partial charge in [0, 0.05) is 25.2 Å². The van der Waals surface area contributed by atoms with Gasteiger partial charge in [0.1, 0.15) is 5.75 Å². The van der Waals surface area contributed by atoms with Gasteiger partial charge in [0.05, 0.1) is 13.2 Å². The standard InChI is InChI=1S/C25H32N2O5/c28-23(26-19-25(10-4-1-5-11-25)27-12-14-30-15-13-27)17-32-24(29)18-31-22-9-8-20-6-2-3-7-21(20)16-22/h2-3,6-9,16H,1,4-5,10-15,17-19H2,(H,26,28). The summed E-state index contributed by atoms with van der Waals surface area (Å²) in [5, 5.41) is 5.14. The van der Waals surface area contributed by atoms with Gasteiger partial charge in [0.2, 0.25) is 0 Å². The van der Waals surface area contributed by atoms with Crippen LogP contribution in [0.25, 0.3) is 10.8 Å². The zero-order valence-corrected chi connectivity index (χ0v) is 18.5. The number of rotatable bonds is 8. The van der Waals surface area contributed by atoms with Gasteiger partial charge in [0.15, 0.2) is 13.2 Å². The van der Waals surface area contributed by atoms with Crippen LogP contribution in [0.1, 0.15) is 32.1 Å². The third-order valence-electron chi connectivity index (χ3n) is 6.52. The molecular formula is C25H32N2O5. The molecule has 2 aromatic carbocycles. The summed E-state index contributed by atoms with van der Waals surface area (Å²) in [6, 6.07) is 13.6. The Kier molecular flexibility index (Phi) is 7.60. The first kappa shape index (κ1) is 22.6. The smallest absolute Gasteiger partial charge is 0.344 e. The maximum absolute atomic E-state index is 12.4. The minimum absolute atomic E-state index is 0.0130. The van der Waals surface area contributed by atoms with E-state index >= 15 is 0 Å². The number of ether oxygens (including phenoxy) is 3. The van der Waals surface area contributed by atoms with E-state index < -0.39 is 5.97 Å². The number of amides is 1. The molecule has 0 atom stereocenters. The van der Waals surface area contributed by atoms with E-state index in [9.17, 15) is 9.59 Å². The molecule has 2 aromatic rings. The van der Waals surface area contributed by atoms with Crippen molar-refractivity contribution in [2.24, 2.45) is 0 Å². The average Bonchev–Trinajstić information content (AvgIpc) is 2.86. The summed E-state index contributed by atoms with van der Waals surface area (Å²) in [7, 11) is 0. The Balaban J connectivity index is 1.21. The maximum atomic E-state index is 12.4. The molecule has 172 valence electrons. The Morgan fingerprint density at radius 2 is 1.72 bits per heavy atom. The molecule has 7 nitrogen and oxygen atoms in total. The number of nitrogens with one attached hydrogen (secondary N) is 1. The van der Waals surface area contributed by atoms with Crippen LogP contribution in [0.3, 0.4) is 0 Å². The molecule has 7 heteroatoms. The molecule has 0 radical (unpaired) electrons. The number of hydrogen-bond donors (Lipinski definition) is 1. The molecule has 2 fully saturated rings. The summed E-state index contributed by atoms with van der Waals surface area (Å²) in [5.41, 5.74) is -0.0130. The number of fused-ring (bicyclic) bond motifs is 1. The third kappa shape index (κ3) is 5.78. The zero-order chi connectivity index (χ0) is 22.2. The second kappa shape index (κ2) is 10.8. The summed E-state index contributed by atoms with van der Waals surface area (Å²) < 4.78 is 16.2. The van der Waals surface area contributed by atoms with Gasteiger partial charge < -0.3 is 19.5 Å². The second-order valence-corrected chi connectivity index (χ2v) is 8.62. The quantitative estimate of drug-likeness (QED) is 0.636. The molecule has 32 heavy (non-hydrogen) atoms. The molecular weight excluding hydrogens is 408 g/mol. The Morgan fingerprint density at radius 1 is 0.969 bits per heavy atom. The Morgan fingerprint density at radius 3 is 2.50 bits per heavy atom. The maximum Gasteiger partial charge on any atom is 0.344 e. The van der Waals surface area contributed by atoms with Crippen LogP contribution in [0, 0.1) is 0 Å². The van der Waals surface area contributed by atoms with E-state index in [1.165, 1.54) is 19.3 Å². The van der Waals surface area contributed by atoms with Crippen molar-refractivity contribution in [3.05, 3.63) is 42.5 Å². The highest BCUT2D eigenvalue weighted by molar-refractivity contribution is 5.84. The summed E-state index contributed by atoms with van der Waals surface area (Å²) in [6.07, 6.45) is 5.75. The molecule has 1 amide bonds. The van der Waals surface area contributed by atoms with E-state index in [1.807, 2.05) is 42.5 Å². The lowest BCUT2D eigenvalue weighted by molar-refractivity contribution is -0.150. The second-order valence-electron chi connectivity index (χ2n) is 8.62. The fourth-order valence-electron chi connectivity index (χ4n) is 4.75. The van der Waals surface area contributed by atoms with Crippen molar-refractivity contribution in [3.63, 3.8) is 0 Å². The monoisotopic (exact) mass is 440 g/mol. The van der Waals surface area contributed by atoms with Crippen molar-refractivity contribution < 1.29 is 23.8 Å². The molecule has 0 bridgehead atoms. The number of nitrogens with zero attached hydrogens (tertiary/aromatic N) is 1. The van der Waals surface area contributed by atoms with E-state index in [0.717, 1.165) is 49.9 Å². The number of esters is 1. The van der Waals surface area contributed by atoms with E-state index in [2.05, 4.69) is 10.2 Å². The van der Waals surface area contributed by atoms with Crippen LogP contribution in [-0.4, -0.2) is 68.4 Å². The molecule has 1 saturated heterocycles. The lowest BCUT2D eigenvalue weighted by atomic mass is 9.79. The number of carbonyl (C=O) groups excluding carboxylic acids is 2. The summed E-state index contributed by atoms with van der Waals surface area (Å²) in [5.74, 6) is -0.244. The molecule has 1 aliphatic carbocycles. The molecule has 0 aromatic heterocycles. The minimum atomic E-state index is -0.561. The number of morpholine rings is 1. The van der Waals surface area contributed by atoms with Crippen LogP contribution in [0.5, 0.6) is 5.75 Å². The normalized spacial score (nSPS) is 18.8. The highest BCUT2D eigenvalue weighted by atomic mass is 16.6. The van der Waals surface area contributed by atoms with Gasteiger partial charge in [-0.05, 0) is 35.7 Å². The predicted molar refractivity (Wildman–Crippen MR) is 122 cm³/mol. The van der Waals surface area contributed by atoms with Gasteiger partial charge in [-0.25, -0.2) is 4.79 Å². The van der Waals surface area contributed by atoms with Crippen molar-refractivity contribution in [3.8, 4) is 5.75 Å². The predicted octanol–water partition coefficient (Wildman–Crippen LogP) is 2.91. The van der Waals surface area contributed by atoms with E-state index in [-0.39, 0.29) is 24.7 Å². The number of hydrogen-bond acceptors (Lipinski definition) is 6. The van der Waals surface area contributed by atoms with Crippen molar-refractivity contribution in [1.82, 2.24) is 10.2 Å². The van der Waals surface area contributed by atoms with Crippen LogP contribution < -0.4 is 10.1 Å². The summed E-state index contributed by atoms with van der Waals surface area (Å²) in [6.45, 7) is 3.34. The van der Waals surface area contributed by atoms with Gasteiger partial charge in [-0.3, -0.25) is 9.69 Å². The summed E-state index contributed by atoms with van der Waals surface area (Å²) in [4.78, 5) is 26.9. The molecule has 0 unspecified atom stereocenters. The Hall–Kier alpha value is -2.64. The van der Waals surface area contributed by atoms with Crippen molar-refractivity contribution in [1.29, 1.82) is 0 Å². The van der Waals surface area contributed by atoms with E-state index in [1.54, 1.807) is 0 Å². The summed E-state index contributed by atoms with van der Waals surface area (Å²) >= 11 is 0. The first-order chi connectivity index (χ1) is 15.6. The molecule has 0 spiro atoms. The lowest BCUT2D eigenvalue weighted by Gasteiger charge is -2.48. The molecule has 1 aliphatic heterocycles. The van der Waals surface area contributed by atoms with Crippen molar-refractivity contribution >= 4 is 22.6 Å². The molecule has 1 heterocycles.